The van der Waals surface area contributed by atoms with Gasteiger partial charge in [0, 0.05) is 73.2 Å². The van der Waals surface area contributed by atoms with Gasteiger partial charge in [-0.25, -0.2) is 9.59 Å². The number of esters is 2. The number of ether oxygens (including phenoxy) is 3. The third-order valence-corrected chi connectivity index (χ3v) is 16.4. The van der Waals surface area contributed by atoms with Gasteiger partial charge in [-0.1, -0.05) is 147 Å². The fraction of sp³-hybridized carbons (Fsp3) is 0.212. The van der Waals surface area contributed by atoms with Crippen LogP contribution >= 0.6 is 58.8 Å². The summed E-state index contributed by atoms with van der Waals surface area (Å²) in [6.45, 7) is 25.7. The van der Waals surface area contributed by atoms with Crippen LogP contribution in [0.4, 0.5) is 5.69 Å². The molecule has 396 valence electrons. The Bertz CT molecular complexity index is 2990. The van der Waals surface area contributed by atoms with E-state index in [4.69, 9.17) is 14.2 Å². The number of nitrogens with one attached hydrogen (secondary N) is 1. The molecule has 0 bridgehead atoms. The van der Waals surface area contributed by atoms with E-state index in [1.807, 2.05) is 123 Å². The quantitative estimate of drug-likeness (QED) is 0.0151. The molecule has 7 rings (SSSR count). The highest BCUT2D eigenvalue weighted by Gasteiger charge is 2.32. The van der Waals surface area contributed by atoms with Crippen LogP contribution in [-0.2, 0) is 15.0 Å². The van der Waals surface area contributed by atoms with Crippen molar-refractivity contribution in [1.29, 1.82) is 0 Å². The number of allylic oxidation sites excluding steroid dienone is 2. The van der Waals surface area contributed by atoms with Gasteiger partial charge < -0.3 is 19.5 Å². The summed E-state index contributed by atoms with van der Waals surface area (Å²) in [4.78, 5) is 34.0. The number of benzene rings is 7. The molecule has 0 fully saturated rings. The highest BCUT2D eigenvalue weighted by Crippen LogP contribution is 2.42. The number of thioether (sulfide) groups is 3. The number of carbonyl (C=O) groups excluding carboxylic acids is 2. The Hall–Kier alpha value is -6.21. The van der Waals surface area contributed by atoms with Crippen molar-refractivity contribution < 1.29 is 23.8 Å². The lowest BCUT2D eigenvalue weighted by atomic mass is 9.71. The Balaban J connectivity index is 0.972. The second kappa shape index (κ2) is 26.4. The smallest absolute Gasteiger partial charge is 0.337 e. The van der Waals surface area contributed by atoms with Gasteiger partial charge in [0.25, 0.3) is 0 Å². The summed E-state index contributed by atoms with van der Waals surface area (Å²) in [7, 11) is 0. The molecule has 1 unspecified atom stereocenters. The average Bonchev–Trinajstić information content (AvgIpc) is 3.38. The first-order chi connectivity index (χ1) is 36.5. The molecule has 0 aliphatic carbocycles. The van der Waals surface area contributed by atoms with Gasteiger partial charge in [-0.2, -0.15) is 0 Å². The Morgan fingerprint density at radius 2 is 0.779 bits per heavy atom. The second-order valence-corrected chi connectivity index (χ2v) is 28.4. The van der Waals surface area contributed by atoms with Crippen molar-refractivity contribution >= 4 is 76.4 Å². The molecule has 0 saturated carbocycles. The molecule has 0 heterocycles. The molecule has 0 aliphatic heterocycles. The van der Waals surface area contributed by atoms with E-state index >= 15 is 0 Å². The van der Waals surface area contributed by atoms with E-state index in [0.29, 0.717) is 23.0 Å². The van der Waals surface area contributed by atoms with Crippen LogP contribution in [0, 0.1) is 5.41 Å². The van der Waals surface area contributed by atoms with E-state index in [-0.39, 0.29) is 14.9 Å². The van der Waals surface area contributed by atoms with Crippen molar-refractivity contribution in [2.24, 2.45) is 5.41 Å². The highest BCUT2D eigenvalue weighted by molar-refractivity contribution is 8.02. The standard InChI is InChI=1S/C66H67NO5S5/c1-46(42-45-73-54-28-30-56(31-29-54)75-58-34-38-60(39-35-58)77-65(8,9)10)70-51-20-12-47(13-21-51)66(11,48-14-22-52(23-15-48)71-61(68)40-43-63(2,3)4)49-16-24-53(25-17-49)72-62(69)41-44-67-50-18-26-55(27-19-50)74-57-32-36-59(37-33-57)76-64(5,6)7/h12-45,67H,1H2,2-11H3/b43-40+,44-41+,45-42+. The minimum atomic E-state index is -0.693. The number of rotatable bonds is 20. The van der Waals surface area contributed by atoms with Crippen LogP contribution in [0.2, 0.25) is 0 Å². The number of hydrogen-bond donors (Lipinski definition) is 1. The summed E-state index contributed by atoms with van der Waals surface area (Å²) < 4.78 is 17.9. The molecule has 77 heavy (non-hydrogen) atoms. The van der Waals surface area contributed by atoms with Gasteiger partial charge in [-0.05, 0) is 174 Å². The summed E-state index contributed by atoms with van der Waals surface area (Å²) >= 11 is 8.78. The topological polar surface area (TPSA) is 73.9 Å². The first kappa shape index (κ1) is 58.5. The van der Waals surface area contributed by atoms with E-state index in [9.17, 15) is 9.59 Å². The SMILES string of the molecule is C=C(/C=C/Sc1ccc(Sc2ccc(SC(C)(C)C)cc2)cc1)Oc1ccc(C(C)(c2ccc(OC(=O)/C=C/Nc3ccc(Sc4ccc(SC(C)(C)C)cc4)cc3)cc2)c2ccc(OC(=O)/C=C/C(C)(C)C)cc2)cc1. The maximum absolute atomic E-state index is 13.0. The third kappa shape index (κ3) is 19.0. The van der Waals surface area contributed by atoms with Crippen LogP contribution in [0.15, 0.2) is 252 Å². The molecule has 7 aromatic carbocycles. The summed E-state index contributed by atoms with van der Waals surface area (Å²) in [6.07, 6.45) is 8.10. The molecule has 1 atom stereocenters. The third-order valence-electron chi connectivity index (χ3n) is 11.3. The predicted molar refractivity (Wildman–Crippen MR) is 328 cm³/mol. The number of hydrogen-bond acceptors (Lipinski definition) is 11. The second-order valence-electron chi connectivity index (χ2n) is 21.3. The van der Waals surface area contributed by atoms with Crippen LogP contribution < -0.4 is 19.5 Å². The lowest BCUT2D eigenvalue weighted by molar-refractivity contribution is -0.129. The maximum atomic E-state index is 13.0. The Morgan fingerprint density at radius 3 is 1.17 bits per heavy atom. The fourth-order valence-electron chi connectivity index (χ4n) is 7.60. The van der Waals surface area contributed by atoms with Gasteiger partial charge in [-0.3, -0.25) is 0 Å². The zero-order chi connectivity index (χ0) is 55.2. The van der Waals surface area contributed by atoms with Crippen molar-refractivity contribution in [3.63, 3.8) is 0 Å². The molecule has 11 heteroatoms. The molecule has 7 aromatic rings. The van der Waals surface area contributed by atoms with Crippen molar-refractivity contribution in [3.05, 3.63) is 235 Å². The summed E-state index contributed by atoms with van der Waals surface area (Å²) in [5, 5.41) is 5.15. The van der Waals surface area contributed by atoms with Crippen LogP contribution in [0.3, 0.4) is 0 Å². The molecule has 6 nitrogen and oxygen atoms in total. The average molecular weight is 1110 g/mol. The lowest BCUT2D eigenvalue weighted by Crippen LogP contribution is -2.25. The number of carbonyl (C=O) groups is 2. The minimum Gasteiger partial charge on any atom is -0.458 e. The monoisotopic (exact) mass is 1110 g/mol. The van der Waals surface area contributed by atoms with E-state index in [2.05, 4.69) is 145 Å². The van der Waals surface area contributed by atoms with Crippen LogP contribution in [0.25, 0.3) is 0 Å². The fourth-order valence-corrected chi connectivity index (χ4v) is 11.9. The van der Waals surface area contributed by atoms with Crippen molar-refractivity contribution in [3.8, 4) is 17.2 Å². The van der Waals surface area contributed by atoms with Gasteiger partial charge in [0.1, 0.15) is 23.0 Å². The van der Waals surface area contributed by atoms with E-state index in [0.717, 1.165) is 32.2 Å². The molecular weight excluding hydrogens is 1050 g/mol. The molecule has 0 saturated heterocycles. The van der Waals surface area contributed by atoms with E-state index in [1.54, 1.807) is 65.8 Å². The molecule has 0 aliphatic rings. The Labute approximate surface area is 478 Å². The Kier molecular flexibility index (Phi) is 20.1. The van der Waals surface area contributed by atoms with Crippen LogP contribution in [0.5, 0.6) is 17.2 Å². The number of anilines is 1. The molecule has 0 aromatic heterocycles. The minimum absolute atomic E-state index is 0.156. The van der Waals surface area contributed by atoms with Crippen LogP contribution in [0.1, 0.15) is 85.9 Å². The first-order valence-corrected chi connectivity index (χ1v) is 29.4. The zero-order valence-corrected chi connectivity index (χ0v) is 49.5. The van der Waals surface area contributed by atoms with Gasteiger partial charge >= 0.3 is 11.9 Å². The summed E-state index contributed by atoms with van der Waals surface area (Å²) in [5.74, 6) is 1.03. The largest absolute Gasteiger partial charge is 0.458 e. The van der Waals surface area contributed by atoms with Crippen LogP contribution in [-0.4, -0.2) is 21.4 Å². The maximum Gasteiger partial charge on any atom is 0.337 e. The predicted octanol–water partition coefficient (Wildman–Crippen LogP) is 19.4. The van der Waals surface area contributed by atoms with Gasteiger partial charge in [0.05, 0.1) is 0 Å². The van der Waals surface area contributed by atoms with Crippen molar-refractivity contribution in [2.75, 3.05) is 5.32 Å². The van der Waals surface area contributed by atoms with E-state index < -0.39 is 17.4 Å². The van der Waals surface area contributed by atoms with Gasteiger partial charge in [0.2, 0.25) is 0 Å². The van der Waals surface area contributed by atoms with Gasteiger partial charge in [0.15, 0.2) is 0 Å². The lowest BCUT2D eigenvalue weighted by Gasteiger charge is -2.32. The first-order valence-electron chi connectivity index (χ1n) is 25.3. The zero-order valence-electron chi connectivity index (χ0n) is 45.4. The normalized spacial score (nSPS) is 12.9. The molecule has 0 radical (unpaired) electrons. The molecule has 1 N–H and O–H groups in total. The van der Waals surface area contributed by atoms with Crippen molar-refractivity contribution in [2.45, 2.75) is 118 Å². The molecular formula is C66H67NO5S5. The van der Waals surface area contributed by atoms with E-state index in [1.165, 1.54) is 36.6 Å². The molecule has 0 spiro atoms. The van der Waals surface area contributed by atoms with Crippen molar-refractivity contribution in [1.82, 2.24) is 0 Å². The Morgan fingerprint density at radius 1 is 0.429 bits per heavy atom. The highest BCUT2D eigenvalue weighted by atomic mass is 32.2. The van der Waals surface area contributed by atoms with Gasteiger partial charge in [-0.15, -0.1) is 23.5 Å². The summed E-state index contributed by atoms with van der Waals surface area (Å²) in [6, 6.07) is 57.0. The summed E-state index contributed by atoms with van der Waals surface area (Å²) in [5.41, 5.74) is 2.87. The molecule has 0 amide bonds.